The summed E-state index contributed by atoms with van der Waals surface area (Å²) in [5, 5.41) is 8.65. The quantitative estimate of drug-likeness (QED) is 0.443. The lowest BCUT2D eigenvalue weighted by Gasteiger charge is -2.08. The number of oxazole rings is 1. The van der Waals surface area contributed by atoms with Gasteiger partial charge in [-0.15, -0.1) is 0 Å². The summed E-state index contributed by atoms with van der Waals surface area (Å²) in [6, 6.07) is 12.6. The third-order valence-electron chi connectivity index (χ3n) is 5.65. The average molecular weight is 417 g/mol. The summed E-state index contributed by atoms with van der Waals surface area (Å²) >= 11 is 0. The normalized spacial score (nSPS) is 11.5. The van der Waals surface area contributed by atoms with Gasteiger partial charge in [-0.3, -0.25) is 9.25 Å². The number of hydrogen-bond donors (Lipinski definition) is 0. The molecule has 5 aromatic rings. The maximum Gasteiger partial charge on any atom is 0.420 e. The van der Waals surface area contributed by atoms with Crippen LogP contribution >= 0.6 is 0 Å². The van der Waals surface area contributed by atoms with Gasteiger partial charge in [0.15, 0.2) is 11.4 Å². The van der Waals surface area contributed by atoms with E-state index in [1.54, 1.807) is 21.6 Å². The smallest absolute Gasteiger partial charge is 0.405 e. The number of aromatic nitrogens is 5. The molecule has 0 radical (unpaired) electrons. The molecule has 3 aromatic heterocycles. The van der Waals surface area contributed by atoms with E-state index in [9.17, 15) is 9.18 Å². The maximum absolute atomic E-state index is 14.9. The number of aryl methyl sites for hydroxylation is 2. The Morgan fingerprint density at radius 1 is 1.10 bits per heavy atom. The van der Waals surface area contributed by atoms with Crippen molar-refractivity contribution in [2.24, 2.45) is 7.05 Å². The highest BCUT2D eigenvalue weighted by atomic mass is 19.1. The lowest BCUT2D eigenvalue weighted by Crippen LogP contribution is -2.15. The highest BCUT2D eigenvalue weighted by Gasteiger charge is 2.19. The van der Waals surface area contributed by atoms with Gasteiger partial charge in [0.2, 0.25) is 0 Å². The van der Waals surface area contributed by atoms with E-state index in [2.05, 4.69) is 10.2 Å². The first-order chi connectivity index (χ1) is 14.9. The third-order valence-corrected chi connectivity index (χ3v) is 5.65. The summed E-state index contributed by atoms with van der Waals surface area (Å²) in [6.45, 7) is 4.09. The maximum atomic E-state index is 14.9. The van der Waals surface area contributed by atoms with Crippen LogP contribution in [0.15, 0.2) is 64.1 Å². The van der Waals surface area contributed by atoms with Gasteiger partial charge in [-0.1, -0.05) is 12.1 Å². The molecule has 156 valence electrons. The molecule has 7 nitrogen and oxygen atoms in total. The average Bonchev–Trinajstić information content (AvgIpc) is 3.45. The van der Waals surface area contributed by atoms with Gasteiger partial charge in [0.05, 0.1) is 23.4 Å². The summed E-state index contributed by atoms with van der Waals surface area (Å²) < 4.78 is 25.1. The van der Waals surface area contributed by atoms with E-state index >= 15 is 0 Å². The molecule has 0 fully saturated rings. The fourth-order valence-corrected chi connectivity index (χ4v) is 3.89. The van der Waals surface area contributed by atoms with E-state index in [0.717, 1.165) is 28.2 Å². The molecule has 0 unspecified atom stereocenters. The Hall–Kier alpha value is -3.94. The predicted octanol–water partition coefficient (Wildman–Crippen LogP) is 3.98. The summed E-state index contributed by atoms with van der Waals surface area (Å²) in [7, 11) is 1.85. The zero-order valence-corrected chi connectivity index (χ0v) is 17.3. The molecule has 0 aliphatic carbocycles. The van der Waals surface area contributed by atoms with Crippen molar-refractivity contribution in [1.82, 2.24) is 24.1 Å². The van der Waals surface area contributed by atoms with Gasteiger partial charge >= 0.3 is 5.76 Å². The van der Waals surface area contributed by atoms with Crippen molar-refractivity contribution < 1.29 is 8.81 Å². The summed E-state index contributed by atoms with van der Waals surface area (Å²) in [5.74, 6) is -1.17. The highest BCUT2D eigenvalue weighted by molar-refractivity contribution is 5.82. The first kappa shape index (κ1) is 19.0. The fraction of sp³-hybridized carbons (Fsp3) is 0.174. The Bertz CT molecular complexity index is 1470. The summed E-state index contributed by atoms with van der Waals surface area (Å²) in [4.78, 5) is 12.6. The highest BCUT2D eigenvalue weighted by Crippen LogP contribution is 2.29. The topological polar surface area (TPSA) is 70.8 Å². The van der Waals surface area contributed by atoms with Crippen LogP contribution in [0.1, 0.15) is 17.0 Å². The SMILES string of the molecule is Cc1nn(C)c(C)c1Cn1c(=O)oc2c(F)cc(-c3cccc(-n4cccn4)c3)cc21. The lowest BCUT2D eigenvalue weighted by molar-refractivity contribution is 0.498. The van der Waals surface area contributed by atoms with E-state index in [1.165, 1.54) is 10.6 Å². The monoisotopic (exact) mass is 417 g/mol. The third kappa shape index (κ3) is 3.16. The number of hydrogen-bond acceptors (Lipinski definition) is 4. The van der Waals surface area contributed by atoms with Crippen LogP contribution in [-0.4, -0.2) is 24.1 Å². The first-order valence-electron chi connectivity index (χ1n) is 9.85. The molecule has 0 atom stereocenters. The number of halogens is 1. The minimum absolute atomic E-state index is 0.0452. The van der Waals surface area contributed by atoms with Gasteiger partial charge in [0.25, 0.3) is 0 Å². The number of rotatable bonds is 4. The van der Waals surface area contributed by atoms with Crippen LogP contribution in [0.2, 0.25) is 0 Å². The van der Waals surface area contributed by atoms with Crippen molar-refractivity contribution >= 4 is 11.1 Å². The molecule has 31 heavy (non-hydrogen) atoms. The van der Waals surface area contributed by atoms with E-state index < -0.39 is 11.6 Å². The number of nitrogens with zero attached hydrogens (tertiary/aromatic N) is 5. The largest absolute Gasteiger partial charge is 0.420 e. The van der Waals surface area contributed by atoms with Crippen molar-refractivity contribution in [3.63, 3.8) is 0 Å². The first-order valence-corrected chi connectivity index (χ1v) is 9.85. The van der Waals surface area contributed by atoms with Crippen molar-refractivity contribution in [1.29, 1.82) is 0 Å². The number of benzene rings is 2. The Labute approximate surface area is 177 Å². The Kier molecular flexibility index (Phi) is 4.35. The molecular formula is C23H20FN5O2. The Balaban J connectivity index is 1.65. The molecular weight excluding hydrogens is 397 g/mol. The van der Waals surface area contributed by atoms with Crippen LogP contribution in [0.5, 0.6) is 0 Å². The van der Waals surface area contributed by atoms with Gasteiger partial charge in [0.1, 0.15) is 0 Å². The Morgan fingerprint density at radius 2 is 1.94 bits per heavy atom. The standard InChI is InChI=1S/C23H20FN5O2/c1-14-19(15(2)27(3)26-14)13-28-21-12-17(11-20(24)22(21)31-23(28)30)16-6-4-7-18(10-16)29-9-5-8-25-29/h4-12H,13H2,1-3H3. The van der Waals surface area contributed by atoms with E-state index in [1.807, 2.05) is 57.4 Å². The Morgan fingerprint density at radius 3 is 2.65 bits per heavy atom. The molecule has 0 saturated heterocycles. The van der Waals surface area contributed by atoms with Crippen LogP contribution in [0.3, 0.4) is 0 Å². The summed E-state index contributed by atoms with van der Waals surface area (Å²) in [6.07, 6.45) is 3.54. The molecule has 0 aliphatic rings. The molecule has 2 aromatic carbocycles. The molecule has 0 spiro atoms. The zero-order chi connectivity index (χ0) is 21.7. The van der Waals surface area contributed by atoms with E-state index in [4.69, 9.17) is 4.42 Å². The summed E-state index contributed by atoms with van der Waals surface area (Å²) in [5.41, 5.74) is 5.36. The van der Waals surface area contributed by atoms with Crippen molar-refractivity contribution in [3.05, 3.63) is 88.2 Å². The van der Waals surface area contributed by atoms with Crippen LogP contribution < -0.4 is 5.76 Å². The van der Waals surface area contributed by atoms with Crippen molar-refractivity contribution in [2.45, 2.75) is 20.4 Å². The second kappa shape index (κ2) is 7.09. The van der Waals surface area contributed by atoms with Gasteiger partial charge in [-0.05, 0) is 55.3 Å². The molecule has 5 rings (SSSR count). The minimum atomic E-state index is -0.598. The number of fused-ring (bicyclic) bond motifs is 1. The molecule has 0 bridgehead atoms. The fourth-order valence-electron chi connectivity index (χ4n) is 3.89. The molecule has 8 heteroatoms. The van der Waals surface area contributed by atoms with Gasteiger partial charge in [-0.25, -0.2) is 13.9 Å². The van der Waals surface area contributed by atoms with Gasteiger partial charge in [0, 0.05) is 30.7 Å². The van der Waals surface area contributed by atoms with Crippen LogP contribution in [0.4, 0.5) is 4.39 Å². The van der Waals surface area contributed by atoms with E-state index in [-0.39, 0.29) is 12.1 Å². The van der Waals surface area contributed by atoms with Crippen LogP contribution in [0.25, 0.3) is 27.9 Å². The minimum Gasteiger partial charge on any atom is -0.405 e. The van der Waals surface area contributed by atoms with Gasteiger partial charge in [-0.2, -0.15) is 10.2 Å². The second-order valence-corrected chi connectivity index (χ2v) is 7.53. The molecule has 0 amide bonds. The molecule has 0 saturated carbocycles. The zero-order valence-electron chi connectivity index (χ0n) is 17.3. The van der Waals surface area contributed by atoms with E-state index in [0.29, 0.717) is 11.1 Å². The van der Waals surface area contributed by atoms with Gasteiger partial charge < -0.3 is 4.42 Å². The van der Waals surface area contributed by atoms with Crippen molar-refractivity contribution in [3.8, 4) is 16.8 Å². The molecule has 3 heterocycles. The second-order valence-electron chi connectivity index (χ2n) is 7.53. The molecule has 0 aliphatic heterocycles. The molecule has 0 N–H and O–H groups in total. The van der Waals surface area contributed by atoms with Crippen LogP contribution in [0, 0.1) is 19.7 Å². The van der Waals surface area contributed by atoms with Crippen LogP contribution in [-0.2, 0) is 13.6 Å². The van der Waals surface area contributed by atoms with Crippen molar-refractivity contribution in [2.75, 3.05) is 0 Å². The predicted molar refractivity (Wildman–Crippen MR) is 115 cm³/mol. The lowest BCUT2D eigenvalue weighted by atomic mass is 10.0.